The summed E-state index contributed by atoms with van der Waals surface area (Å²) in [4.78, 5) is 0. The number of hydrogen-bond acceptors (Lipinski definition) is 2. The molecule has 17 heavy (non-hydrogen) atoms. The van der Waals surface area contributed by atoms with E-state index in [2.05, 4.69) is 32.6 Å². The molecule has 0 aliphatic carbocycles. The second kappa shape index (κ2) is 4.70. The molecule has 0 amide bonds. The third-order valence-corrected chi connectivity index (χ3v) is 3.73. The van der Waals surface area contributed by atoms with Gasteiger partial charge in [0.05, 0.1) is 6.61 Å². The van der Waals surface area contributed by atoms with Gasteiger partial charge in [0.2, 0.25) is 0 Å². The van der Waals surface area contributed by atoms with Crippen LogP contribution in [0.4, 0.5) is 0 Å². The van der Waals surface area contributed by atoms with Crippen LogP contribution in [0.1, 0.15) is 25.6 Å². The number of nitrogens with zero attached hydrogens (tertiary/aromatic N) is 1. The summed E-state index contributed by atoms with van der Waals surface area (Å²) in [6.45, 7) is 4.65. The molecule has 1 aromatic carbocycles. The van der Waals surface area contributed by atoms with Gasteiger partial charge in [-0.15, -0.1) is 0 Å². The van der Waals surface area contributed by atoms with E-state index in [0.717, 1.165) is 26.8 Å². The molecule has 0 aliphatic heterocycles. The Hall–Kier alpha value is -1.00. The first-order chi connectivity index (χ1) is 8.06. The van der Waals surface area contributed by atoms with E-state index in [1.54, 1.807) is 0 Å². The highest BCUT2D eigenvalue weighted by atomic mass is 79.9. The van der Waals surface area contributed by atoms with Gasteiger partial charge in [-0.05, 0) is 48.0 Å². The first kappa shape index (κ1) is 12.5. The molecule has 0 spiro atoms. The fourth-order valence-corrected chi connectivity index (χ4v) is 3.10. The van der Waals surface area contributed by atoms with Crippen molar-refractivity contribution >= 4 is 26.8 Å². The quantitative estimate of drug-likeness (QED) is 0.943. The third-order valence-electron chi connectivity index (χ3n) is 2.89. The second-order valence-corrected chi connectivity index (χ2v) is 4.95. The topological polar surface area (TPSA) is 40.2 Å². The average Bonchev–Trinajstić information content (AvgIpc) is 2.52. The van der Waals surface area contributed by atoms with Gasteiger partial charge in [-0.1, -0.05) is 0 Å². The fourth-order valence-electron chi connectivity index (χ4n) is 2.16. The Labute approximate surface area is 110 Å². The van der Waals surface area contributed by atoms with Crippen LogP contribution in [0.15, 0.2) is 22.7 Å². The molecule has 2 N–H and O–H groups in total. The van der Waals surface area contributed by atoms with E-state index in [1.165, 1.54) is 0 Å². The number of halogens is 1. The zero-order valence-corrected chi connectivity index (χ0v) is 11.9. The molecular weight excluding hydrogens is 280 g/mol. The third kappa shape index (κ3) is 2.07. The van der Waals surface area contributed by atoms with Gasteiger partial charge in [0.1, 0.15) is 5.75 Å². The summed E-state index contributed by atoms with van der Waals surface area (Å²) < 4.78 is 8.70. The molecule has 2 rings (SSSR count). The van der Waals surface area contributed by atoms with Crippen LogP contribution in [-0.2, 0) is 7.05 Å². The molecule has 0 radical (unpaired) electrons. The van der Waals surface area contributed by atoms with Gasteiger partial charge in [0.25, 0.3) is 0 Å². The monoisotopic (exact) mass is 296 g/mol. The van der Waals surface area contributed by atoms with E-state index in [1.807, 2.05) is 27.0 Å². The highest BCUT2D eigenvalue weighted by molar-refractivity contribution is 9.10. The van der Waals surface area contributed by atoms with Crippen molar-refractivity contribution < 1.29 is 4.74 Å². The molecular formula is C13H17BrN2O. The Morgan fingerprint density at radius 3 is 2.76 bits per heavy atom. The number of fused-ring (bicyclic) bond motifs is 1. The van der Waals surface area contributed by atoms with Crippen LogP contribution in [0.2, 0.25) is 0 Å². The largest absolute Gasteiger partial charge is 0.494 e. The molecule has 0 saturated heterocycles. The number of nitrogens with two attached hydrogens (primary N) is 1. The van der Waals surface area contributed by atoms with Gasteiger partial charge in [-0.2, -0.15) is 0 Å². The normalized spacial score (nSPS) is 13.0. The average molecular weight is 297 g/mol. The number of rotatable bonds is 3. The van der Waals surface area contributed by atoms with Crippen molar-refractivity contribution in [1.29, 1.82) is 0 Å². The van der Waals surface area contributed by atoms with Gasteiger partial charge in [0, 0.05) is 34.2 Å². The maximum absolute atomic E-state index is 5.99. The van der Waals surface area contributed by atoms with Gasteiger partial charge in [-0.3, -0.25) is 0 Å². The van der Waals surface area contributed by atoms with Crippen molar-refractivity contribution in [2.45, 2.75) is 19.9 Å². The predicted octanol–water partition coefficient (Wildman–Crippen LogP) is 3.36. The summed E-state index contributed by atoms with van der Waals surface area (Å²) in [5, 5.41) is 1.14. The molecule has 0 bridgehead atoms. The van der Waals surface area contributed by atoms with E-state index < -0.39 is 0 Å². The van der Waals surface area contributed by atoms with Crippen molar-refractivity contribution in [2.24, 2.45) is 12.8 Å². The Morgan fingerprint density at radius 2 is 2.18 bits per heavy atom. The Kier molecular flexibility index (Phi) is 3.45. The summed E-state index contributed by atoms with van der Waals surface area (Å²) in [5.41, 5.74) is 8.26. The van der Waals surface area contributed by atoms with Crippen molar-refractivity contribution in [1.82, 2.24) is 4.57 Å². The van der Waals surface area contributed by atoms with Crippen LogP contribution in [0.5, 0.6) is 5.75 Å². The number of aryl methyl sites for hydroxylation is 1. The van der Waals surface area contributed by atoms with Crippen molar-refractivity contribution in [3.63, 3.8) is 0 Å². The lowest BCUT2D eigenvalue weighted by atomic mass is 10.2. The van der Waals surface area contributed by atoms with Crippen LogP contribution >= 0.6 is 15.9 Å². The number of ether oxygens (including phenoxy) is 1. The molecule has 4 heteroatoms. The summed E-state index contributed by atoms with van der Waals surface area (Å²) in [6.07, 6.45) is 0. The molecule has 0 saturated carbocycles. The highest BCUT2D eigenvalue weighted by Gasteiger charge is 2.16. The summed E-state index contributed by atoms with van der Waals surface area (Å²) in [7, 11) is 2.03. The molecule has 92 valence electrons. The fraction of sp³-hybridized carbons (Fsp3) is 0.385. The summed E-state index contributed by atoms with van der Waals surface area (Å²) >= 11 is 3.63. The van der Waals surface area contributed by atoms with E-state index >= 15 is 0 Å². The van der Waals surface area contributed by atoms with E-state index in [-0.39, 0.29) is 6.04 Å². The van der Waals surface area contributed by atoms with Crippen LogP contribution in [0, 0.1) is 0 Å². The highest BCUT2D eigenvalue weighted by Crippen LogP contribution is 2.35. The number of benzene rings is 1. The number of hydrogen-bond donors (Lipinski definition) is 1. The van der Waals surface area contributed by atoms with E-state index in [9.17, 15) is 0 Å². The van der Waals surface area contributed by atoms with Gasteiger partial charge >= 0.3 is 0 Å². The second-order valence-electron chi connectivity index (χ2n) is 4.16. The lowest BCUT2D eigenvalue weighted by molar-refractivity contribution is 0.340. The molecule has 1 unspecified atom stereocenters. The first-order valence-corrected chi connectivity index (χ1v) is 6.51. The molecule has 3 nitrogen and oxygen atoms in total. The van der Waals surface area contributed by atoms with E-state index in [0.29, 0.717) is 6.61 Å². The lowest BCUT2D eigenvalue weighted by Gasteiger charge is -2.08. The van der Waals surface area contributed by atoms with Gasteiger partial charge < -0.3 is 15.0 Å². The van der Waals surface area contributed by atoms with Crippen LogP contribution in [-0.4, -0.2) is 11.2 Å². The maximum atomic E-state index is 5.99. The minimum atomic E-state index is -0.00248. The standard InChI is InChI=1S/C13H17BrN2O/c1-4-17-9-5-6-11-10(7-9)12(14)13(8(2)15)16(11)3/h5-8H,4,15H2,1-3H3. The molecule has 2 aromatic rings. The maximum Gasteiger partial charge on any atom is 0.120 e. The Morgan fingerprint density at radius 1 is 1.47 bits per heavy atom. The van der Waals surface area contributed by atoms with Crippen molar-refractivity contribution in [3.8, 4) is 5.75 Å². The van der Waals surface area contributed by atoms with Crippen LogP contribution in [0.25, 0.3) is 10.9 Å². The minimum absolute atomic E-state index is 0.00248. The minimum Gasteiger partial charge on any atom is -0.494 e. The molecule has 0 fully saturated rings. The Balaban J connectivity index is 2.66. The Bertz CT molecular complexity index is 546. The molecule has 1 atom stereocenters. The first-order valence-electron chi connectivity index (χ1n) is 5.72. The molecule has 0 aliphatic rings. The van der Waals surface area contributed by atoms with E-state index in [4.69, 9.17) is 10.5 Å². The molecule has 1 heterocycles. The zero-order chi connectivity index (χ0) is 12.6. The van der Waals surface area contributed by atoms with Gasteiger partial charge in [-0.25, -0.2) is 0 Å². The predicted molar refractivity (Wildman–Crippen MR) is 74.4 cm³/mol. The van der Waals surface area contributed by atoms with Crippen molar-refractivity contribution in [3.05, 3.63) is 28.4 Å². The number of aromatic nitrogens is 1. The smallest absolute Gasteiger partial charge is 0.120 e. The SMILES string of the molecule is CCOc1ccc2c(c1)c(Br)c(C(C)N)n2C. The van der Waals surface area contributed by atoms with Crippen LogP contribution < -0.4 is 10.5 Å². The zero-order valence-electron chi connectivity index (χ0n) is 10.3. The lowest BCUT2D eigenvalue weighted by Crippen LogP contribution is -2.10. The summed E-state index contributed by atoms with van der Waals surface area (Å²) in [6, 6.07) is 6.10. The van der Waals surface area contributed by atoms with Crippen LogP contribution in [0.3, 0.4) is 0 Å². The van der Waals surface area contributed by atoms with Crippen molar-refractivity contribution in [2.75, 3.05) is 6.61 Å². The molecule has 1 aromatic heterocycles. The summed E-state index contributed by atoms with van der Waals surface area (Å²) in [5.74, 6) is 0.891. The van der Waals surface area contributed by atoms with Gasteiger partial charge in [0.15, 0.2) is 0 Å².